The fourth-order valence-electron chi connectivity index (χ4n) is 3.58. The fraction of sp³-hybridized carbons (Fsp3) is 0.500. The van der Waals surface area contributed by atoms with E-state index < -0.39 is 0 Å². The Hall–Kier alpha value is -1.57. The maximum atomic E-state index is 13.0. The molecule has 1 aliphatic carbocycles. The van der Waals surface area contributed by atoms with E-state index in [2.05, 4.69) is 37.0 Å². The van der Waals surface area contributed by atoms with Gasteiger partial charge in [-0.15, -0.1) is 0 Å². The molecule has 1 aromatic heterocycles. The number of para-hydroxylation sites is 1. The molecule has 0 spiro atoms. The molecule has 2 heteroatoms. The van der Waals surface area contributed by atoms with Crippen LogP contribution in [-0.4, -0.2) is 10.8 Å². The molecule has 0 radical (unpaired) electrons. The highest BCUT2D eigenvalue weighted by Gasteiger charge is 2.36. The Bertz CT molecular complexity index is 632. The lowest BCUT2D eigenvalue weighted by Crippen LogP contribution is -2.30. The number of carbonyl (C=O) groups is 1. The SMILES string of the molecule is CCc1cccc2c(C(=O)C3(C)CCCCC3)c[nH]c12. The molecule has 20 heavy (non-hydrogen) atoms. The Labute approximate surface area is 120 Å². The van der Waals surface area contributed by atoms with E-state index in [1.54, 1.807) is 0 Å². The van der Waals surface area contributed by atoms with E-state index in [0.717, 1.165) is 35.7 Å². The lowest BCUT2D eigenvalue weighted by Gasteiger charge is -2.31. The average Bonchev–Trinajstić information content (AvgIpc) is 2.91. The topological polar surface area (TPSA) is 32.9 Å². The van der Waals surface area contributed by atoms with Crippen LogP contribution in [-0.2, 0) is 6.42 Å². The first-order valence-corrected chi connectivity index (χ1v) is 7.79. The molecular weight excluding hydrogens is 246 g/mol. The molecule has 0 saturated heterocycles. The number of rotatable bonds is 3. The summed E-state index contributed by atoms with van der Waals surface area (Å²) in [7, 11) is 0. The third kappa shape index (κ3) is 2.07. The van der Waals surface area contributed by atoms with Crippen LogP contribution < -0.4 is 0 Å². The van der Waals surface area contributed by atoms with Gasteiger partial charge >= 0.3 is 0 Å². The molecule has 1 fully saturated rings. The number of carbonyl (C=O) groups excluding carboxylic acids is 1. The van der Waals surface area contributed by atoms with E-state index in [4.69, 9.17) is 0 Å². The summed E-state index contributed by atoms with van der Waals surface area (Å²) in [6, 6.07) is 6.27. The van der Waals surface area contributed by atoms with Gasteiger partial charge in [0.05, 0.1) is 0 Å². The third-order valence-electron chi connectivity index (χ3n) is 4.93. The highest BCUT2D eigenvalue weighted by atomic mass is 16.1. The zero-order valence-electron chi connectivity index (χ0n) is 12.5. The van der Waals surface area contributed by atoms with E-state index in [1.165, 1.54) is 24.8 Å². The van der Waals surface area contributed by atoms with Crippen molar-refractivity contribution in [1.29, 1.82) is 0 Å². The lowest BCUT2D eigenvalue weighted by atomic mass is 9.71. The van der Waals surface area contributed by atoms with Crippen molar-refractivity contribution in [2.75, 3.05) is 0 Å². The molecule has 0 unspecified atom stereocenters. The van der Waals surface area contributed by atoms with Crippen molar-refractivity contribution < 1.29 is 4.79 Å². The van der Waals surface area contributed by atoms with E-state index in [9.17, 15) is 4.79 Å². The van der Waals surface area contributed by atoms with Gasteiger partial charge in [0.2, 0.25) is 0 Å². The molecule has 0 amide bonds. The molecule has 1 aromatic carbocycles. The minimum absolute atomic E-state index is 0.157. The summed E-state index contributed by atoms with van der Waals surface area (Å²) in [6.07, 6.45) is 8.62. The zero-order valence-corrected chi connectivity index (χ0v) is 12.5. The highest BCUT2D eigenvalue weighted by Crippen LogP contribution is 2.40. The molecule has 3 rings (SSSR count). The summed E-state index contributed by atoms with van der Waals surface area (Å²) >= 11 is 0. The predicted molar refractivity (Wildman–Crippen MR) is 83.2 cm³/mol. The van der Waals surface area contributed by atoms with E-state index in [-0.39, 0.29) is 5.41 Å². The lowest BCUT2D eigenvalue weighted by molar-refractivity contribution is 0.0751. The molecule has 1 saturated carbocycles. The number of Topliss-reactive ketones (excluding diaryl/α,β-unsaturated/α-hetero) is 1. The van der Waals surface area contributed by atoms with Crippen LogP contribution in [0.4, 0.5) is 0 Å². The first kappa shape index (κ1) is 13.4. The molecule has 0 bridgehead atoms. The number of ketones is 1. The zero-order chi connectivity index (χ0) is 14.2. The van der Waals surface area contributed by atoms with Crippen molar-refractivity contribution in [3.8, 4) is 0 Å². The van der Waals surface area contributed by atoms with Gasteiger partial charge in [0.15, 0.2) is 5.78 Å². The molecule has 2 aromatic rings. The molecule has 0 atom stereocenters. The van der Waals surface area contributed by atoms with Crippen LogP contribution in [0.25, 0.3) is 10.9 Å². The van der Waals surface area contributed by atoms with Crippen LogP contribution in [0.5, 0.6) is 0 Å². The van der Waals surface area contributed by atoms with Gasteiger partial charge in [-0.2, -0.15) is 0 Å². The average molecular weight is 269 g/mol. The van der Waals surface area contributed by atoms with Gasteiger partial charge in [0.25, 0.3) is 0 Å². The van der Waals surface area contributed by atoms with Crippen molar-refractivity contribution >= 4 is 16.7 Å². The standard InChI is InChI=1S/C18H23NO/c1-3-13-8-7-9-14-15(12-19-16(13)14)17(20)18(2)10-5-4-6-11-18/h7-9,12,19H,3-6,10-11H2,1-2H3. The first-order valence-electron chi connectivity index (χ1n) is 7.79. The molecular formula is C18H23NO. The second-order valence-corrected chi connectivity index (χ2v) is 6.35. The van der Waals surface area contributed by atoms with Crippen molar-refractivity contribution in [2.45, 2.75) is 52.4 Å². The van der Waals surface area contributed by atoms with E-state index in [0.29, 0.717) is 5.78 Å². The smallest absolute Gasteiger partial charge is 0.170 e. The highest BCUT2D eigenvalue weighted by molar-refractivity contribution is 6.10. The Kier molecular flexibility index (Phi) is 3.41. The second-order valence-electron chi connectivity index (χ2n) is 6.35. The molecule has 1 heterocycles. The predicted octanol–water partition coefficient (Wildman–Crippen LogP) is 4.88. The van der Waals surface area contributed by atoms with Crippen molar-refractivity contribution in [2.24, 2.45) is 5.41 Å². The maximum absolute atomic E-state index is 13.0. The molecule has 1 aliphatic rings. The van der Waals surface area contributed by atoms with Gasteiger partial charge in [-0.1, -0.05) is 51.3 Å². The van der Waals surface area contributed by atoms with Gasteiger partial charge in [-0.25, -0.2) is 0 Å². The summed E-state index contributed by atoms with van der Waals surface area (Å²) in [5.41, 5.74) is 3.16. The van der Waals surface area contributed by atoms with Crippen LogP contribution in [0.1, 0.15) is 61.9 Å². The fourth-order valence-corrected chi connectivity index (χ4v) is 3.58. The van der Waals surface area contributed by atoms with Crippen LogP contribution in [0.15, 0.2) is 24.4 Å². The Morgan fingerprint density at radius 1 is 1.25 bits per heavy atom. The van der Waals surface area contributed by atoms with E-state index in [1.807, 2.05) is 6.20 Å². The van der Waals surface area contributed by atoms with Gasteiger partial charge in [-0.3, -0.25) is 4.79 Å². The van der Waals surface area contributed by atoms with Gasteiger partial charge in [-0.05, 0) is 24.8 Å². The number of fused-ring (bicyclic) bond motifs is 1. The molecule has 2 nitrogen and oxygen atoms in total. The number of hydrogen-bond donors (Lipinski definition) is 1. The van der Waals surface area contributed by atoms with Gasteiger partial charge in [0, 0.05) is 28.1 Å². The minimum Gasteiger partial charge on any atom is -0.360 e. The Morgan fingerprint density at radius 3 is 2.70 bits per heavy atom. The molecule has 1 N–H and O–H groups in total. The Morgan fingerprint density at radius 2 is 2.00 bits per heavy atom. The summed E-state index contributed by atoms with van der Waals surface area (Å²) < 4.78 is 0. The maximum Gasteiger partial charge on any atom is 0.170 e. The van der Waals surface area contributed by atoms with Gasteiger partial charge < -0.3 is 4.98 Å². The number of hydrogen-bond acceptors (Lipinski definition) is 1. The minimum atomic E-state index is -0.157. The van der Waals surface area contributed by atoms with Crippen molar-refractivity contribution in [1.82, 2.24) is 4.98 Å². The number of H-pyrrole nitrogens is 1. The van der Waals surface area contributed by atoms with Crippen molar-refractivity contribution in [3.05, 3.63) is 35.5 Å². The summed E-state index contributed by atoms with van der Waals surface area (Å²) in [6.45, 7) is 4.30. The van der Waals surface area contributed by atoms with Crippen LogP contribution in [0, 0.1) is 5.41 Å². The monoisotopic (exact) mass is 269 g/mol. The first-order chi connectivity index (χ1) is 9.65. The quantitative estimate of drug-likeness (QED) is 0.791. The number of benzene rings is 1. The normalized spacial score (nSPS) is 18.3. The molecule has 106 valence electrons. The van der Waals surface area contributed by atoms with Crippen molar-refractivity contribution in [3.63, 3.8) is 0 Å². The van der Waals surface area contributed by atoms with Crippen LogP contribution >= 0.6 is 0 Å². The van der Waals surface area contributed by atoms with Crippen LogP contribution in [0.3, 0.4) is 0 Å². The largest absolute Gasteiger partial charge is 0.360 e. The third-order valence-corrected chi connectivity index (χ3v) is 4.93. The number of aromatic nitrogens is 1. The second kappa shape index (κ2) is 5.08. The number of aryl methyl sites for hydroxylation is 1. The summed E-state index contributed by atoms with van der Waals surface area (Å²) in [5.74, 6) is 0.330. The summed E-state index contributed by atoms with van der Waals surface area (Å²) in [5, 5.41) is 1.10. The number of aromatic amines is 1. The van der Waals surface area contributed by atoms with E-state index >= 15 is 0 Å². The Balaban J connectivity index is 2.04. The van der Waals surface area contributed by atoms with Crippen LogP contribution in [0.2, 0.25) is 0 Å². The molecule has 0 aliphatic heterocycles. The summed E-state index contributed by atoms with van der Waals surface area (Å²) in [4.78, 5) is 16.3. The number of nitrogens with one attached hydrogen (secondary N) is 1. The van der Waals surface area contributed by atoms with Gasteiger partial charge in [0.1, 0.15) is 0 Å².